The van der Waals surface area contributed by atoms with E-state index in [2.05, 4.69) is 21.9 Å². The Labute approximate surface area is 176 Å². The maximum absolute atomic E-state index is 12.8. The van der Waals surface area contributed by atoms with Crippen LogP contribution in [0, 0.1) is 12.0 Å². The summed E-state index contributed by atoms with van der Waals surface area (Å²) in [6, 6.07) is 18.1. The van der Waals surface area contributed by atoms with Gasteiger partial charge < -0.3 is 9.52 Å². The summed E-state index contributed by atoms with van der Waals surface area (Å²) in [5, 5.41) is 8.93. The number of carbonyl (C=O) groups is 3. The molecule has 152 valence electrons. The third-order valence-corrected chi connectivity index (χ3v) is 4.45. The molecule has 0 unspecified atom stereocenters. The molecule has 0 atom stereocenters. The van der Waals surface area contributed by atoms with Crippen LogP contribution in [-0.2, 0) is 16.0 Å². The molecule has 0 saturated carbocycles. The van der Waals surface area contributed by atoms with Gasteiger partial charge in [-0.1, -0.05) is 48.4 Å². The molecule has 0 bridgehead atoms. The number of hydrogen-bond acceptors (Lipinski definition) is 5. The highest BCUT2D eigenvalue weighted by molar-refractivity contribution is 6.47. The molecule has 8 heteroatoms. The zero-order valence-electron chi connectivity index (χ0n) is 16.1. The lowest BCUT2D eigenvalue weighted by Gasteiger charge is -2.17. The standard InChI is InChI=1S/C23H15N3O5/c27-19-14-26(12-4-5-15-8-10-17(11-9-15)23(29)30)22(28)20(25-19)21-24-13-18(31-21)16-6-2-1-3-7-16/h1-3,6-11,13H,5,14H2,(H,29,30). The van der Waals surface area contributed by atoms with Crippen molar-refractivity contribution < 1.29 is 23.9 Å². The molecule has 2 aromatic carbocycles. The molecular weight excluding hydrogens is 398 g/mol. The molecule has 0 spiro atoms. The van der Waals surface area contributed by atoms with E-state index >= 15 is 0 Å². The minimum absolute atomic E-state index is 0.0482. The van der Waals surface area contributed by atoms with Crippen LogP contribution in [0.3, 0.4) is 0 Å². The summed E-state index contributed by atoms with van der Waals surface area (Å²) in [5.41, 5.74) is 1.54. The first-order chi connectivity index (χ1) is 15.0. The van der Waals surface area contributed by atoms with Gasteiger partial charge in [-0.3, -0.25) is 14.5 Å². The Bertz CT molecular complexity index is 1250. The molecule has 0 saturated heterocycles. The van der Waals surface area contributed by atoms with Crippen molar-refractivity contribution in [2.45, 2.75) is 6.42 Å². The number of amides is 2. The van der Waals surface area contributed by atoms with Gasteiger partial charge in [0.2, 0.25) is 0 Å². The van der Waals surface area contributed by atoms with E-state index in [1.54, 1.807) is 12.1 Å². The number of hydrogen-bond donors (Lipinski definition) is 1. The van der Waals surface area contributed by atoms with Gasteiger partial charge >= 0.3 is 5.97 Å². The number of nitrogens with zero attached hydrogens (tertiary/aromatic N) is 3. The number of carbonyl (C=O) groups excluding carboxylic acids is 2. The maximum Gasteiger partial charge on any atom is 0.335 e. The molecule has 0 radical (unpaired) electrons. The molecule has 8 nitrogen and oxygen atoms in total. The Balaban J connectivity index is 1.50. The van der Waals surface area contributed by atoms with Crippen molar-refractivity contribution in [2.75, 3.05) is 6.54 Å². The molecule has 3 aromatic rings. The van der Waals surface area contributed by atoms with Crippen LogP contribution in [-0.4, -0.2) is 45.0 Å². The van der Waals surface area contributed by atoms with Gasteiger partial charge in [-0.15, -0.1) is 0 Å². The molecule has 1 aromatic heterocycles. The number of aliphatic imine (C=N–C) groups is 1. The number of oxazole rings is 1. The molecule has 31 heavy (non-hydrogen) atoms. The fourth-order valence-electron chi connectivity index (χ4n) is 2.89. The topological polar surface area (TPSA) is 113 Å². The Morgan fingerprint density at radius 2 is 1.84 bits per heavy atom. The molecule has 0 aliphatic carbocycles. The second-order valence-electron chi connectivity index (χ2n) is 6.61. The SMILES string of the molecule is O=C1CN(C#CCc2ccc(C(=O)O)cc2)C(=O)C(c2ncc(-c3ccccc3)o2)=N1. The first kappa shape index (κ1) is 19.8. The lowest BCUT2D eigenvalue weighted by molar-refractivity contribution is -0.128. The van der Waals surface area contributed by atoms with Gasteiger partial charge in [0.1, 0.15) is 6.54 Å². The minimum Gasteiger partial charge on any atom is -0.478 e. The van der Waals surface area contributed by atoms with Gasteiger partial charge in [0.15, 0.2) is 11.5 Å². The van der Waals surface area contributed by atoms with Crippen molar-refractivity contribution in [1.82, 2.24) is 9.88 Å². The lowest BCUT2D eigenvalue weighted by Crippen LogP contribution is -2.41. The number of rotatable bonds is 4. The van der Waals surface area contributed by atoms with Gasteiger partial charge in [0, 0.05) is 18.0 Å². The highest BCUT2D eigenvalue weighted by atomic mass is 16.4. The van der Waals surface area contributed by atoms with E-state index < -0.39 is 17.8 Å². The van der Waals surface area contributed by atoms with Gasteiger partial charge in [-0.25, -0.2) is 14.8 Å². The molecule has 1 aliphatic heterocycles. The number of carboxylic acids is 1. The lowest BCUT2D eigenvalue weighted by atomic mass is 10.1. The molecular formula is C23H15N3O5. The van der Waals surface area contributed by atoms with Crippen LogP contribution >= 0.6 is 0 Å². The Morgan fingerprint density at radius 3 is 2.55 bits per heavy atom. The molecule has 1 aliphatic rings. The van der Waals surface area contributed by atoms with Gasteiger partial charge in [0.25, 0.3) is 17.7 Å². The normalized spacial score (nSPS) is 13.4. The van der Waals surface area contributed by atoms with Crippen molar-refractivity contribution in [3.63, 3.8) is 0 Å². The van der Waals surface area contributed by atoms with Gasteiger partial charge in [0.05, 0.1) is 11.8 Å². The van der Waals surface area contributed by atoms with Gasteiger partial charge in [-0.05, 0) is 17.7 Å². The highest BCUT2D eigenvalue weighted by Crippen LogP contribution is 2.21. The quantitative estimate of drug-likeness (QED) is 0.657. The zero-order valence-corrected chi connectivity index (χ0v) is 16.1. The van der Waals surface area contributed by atoms with Crippen molar-refractivity contribution in [3.05, 3.63) is 77.8 Å². The second kappa shape index (κ2) is 8.47. The highest BCUT2D eigenvalue weighted by Gasteiger charge is 2.31. The summed E-state index contributed by atoms with van der Waals surface area (Å²) in [6.07, 6.45) is 1.75. The average Bonchev–Trinajstić information content (AvgIpc) is 3.27. The zero-order chi connectivity index (χ0) is 21.8. The molecule has 0 fully saturated rings. The third kappa shape index (κ3) is 4.41. The predicted octanol–water partition coefficient (Wildman–Crippen LogP) is 2.40. The molecule has 1 N–H and O–H groups in total. The van der Waals surface area contributed by atoms with Crippen LogP contribution in [0.5, 0.6) is 0 Å². The van der Waals surface area contributed by atoms with E-state index in [-0.39, 0.29) is 30.1 Å². The van der Waals surface area contributed by atoms with E-state index in [1.165, 1.54) is 18.3 Å². The number of carboxylic acid groups (broad SMARTS) is 1. The first-order valence-electron chi connectivity index (χ1n) is 9.27. The largest absolute Gasteiger partial charge is 0.478 e. The van der Waals surface area contributed by atoms with Crippen molar-refractivity contribution in [3.8, 4) is 23.3 Å². The van der Waals surface area contributed by atoms with E-state index in [0.29, 0.717) is 5.76 Å². The van der Waals surface area contributed by atoms with Crippen LogP contribution in [0.25, 0.3) is 11.3 Å². The Hall–Kier alpha value is -4.51. The van der Waals surface area contributed by atoms with E-state index in [4.69, 9.17) is 9.52 Å². The fourth-order valence-corrected chi connectivity index (χ4v) is 2.89. The summed E-state index contributed by atoms with van der Waals surface area (Å²) in [7, 11) is 0. The van der Waals surface area contributed by atoms with Crippen LogP contribution in [0.15, 0.2) is 70.2 Å². The fraction of sp³-hybridized carbons (Fsp3) is 0.0870. The van der Waals surface area contributed by atoms with Crippen LogP contribution in [0.2, 0.25) is 0 Å². The monoisotopic (exact) mass is 413 g/mol. The first-order valence-corrected chi connectivity index (χ1v) is 9.27. The van der Waals surface area contributed by atoms with Crippen LogP contribution in [0.1, 0.15) is 21.8 Å². The summed E-state index contributed by atoms with van der Waals surface area (Å²) in [4.78, 5) is 44.7. The van der Waals surface area contributed by atoms with Crippen LogP contribution in [0.4, 0.5) is 0 Å². The Kier molecular flexibility index (Phi) is 5.41. The molecule has 2 heterocycles. The van der Waals surface area contributed by atoms with Crippen molar-refractivity contribution in [2.24, 2.45) is 4.99 Å². The summed E-state index contributed by atoms with van der Waals surface area (Å²) >= 11 is 0. The smallest absolute Gasteiger partial charge is 0.335 e. The van der Waals surface area contributed by atoms with E-state index in [9.17, 15) is 14.4 Å². The maximum atomic E-state index is 12.8. The summed E-state index contributed by atoms with van der Waals surface area (Å²) in [5.74, 6) is 1.11. The number of aromatic nitrogens is 1. The minimum atomic E-state index is -1.01. The number of aromatic carboxylic acids is 1. The Morgan fingerprint density at radius 1 is 1.10 bits per heavy atom. The number of benzene rings is 2. The van der Waals surface area contributed by atoms with E-state index in [0.717, 1.165) is 16.0 Å². The summed E-state index contributed by atoms with van der Waals surface area (Å²) in [6.45, 7) is -0.264. The van der Waals surface area contributed by atoms with E-state index in [1.807, 2.05) is 30.3 Å². The van der Waals surface area contributed by atoms with Gasteiger partial charge in [-0.2, -0.15) is 0 Å². The molecule has 2 amide bonds. The summed E-state index contributed by atoms with van der Waals surface area (Å²) < 4.78 is 5.64. The predicted molar refractivity (Wildman–Crippen MR) is 110 cm³/mol. The van der Waals surface area contributed by atoms with Crippen molar-refractivity contribution in [1.29, 1.82) is 0 Å². The average molecular weight is 413 g/mol. The molecule has 4 rings (SSSR count). The van der Waals surface area contributed by atoms with Crippen LogP contribution < -0.4 is 0 Å². The van der Waals surface area contributed by atoms with Crippen molar-refractivity contribution >= 4 is 23.5 Å². The second-order valence-corrected chi connectivity index (χ2v) is 6.61. The third-order valence-electron chi connectivity index (χ3n) is 4.45.